The minimum Gasteiger partial charge on any atom is -0.467 e. The lowest BCUT2D eigenvalue weighted by atomic mass is 10.2. The number of nitrogens with zero attached hydrogens (tertiary/aromatic N) is 2. The van der Waals surface area contributed by atoms with Gasteiger partial charge in [-0.25, -0.2) is 9.48 Å². The number of aromatic nitrogens is 2. The van der Waals surface area contributed by atoms with E-state index in [4.69, 9.17) is 5.11 Å². The molecule has 0 aliphatic rings. The fourth-order valence-electron chi connectivity index (χ4n) is 1.75. The summed E-state index contributed by atoms with van der Waals surface area (Å²) in [4.78, 5) is 23.3. The van der Waals surface area contributed by atoms with E-state index in [2.05, 4.69) is 15.2 Å². The van der Waals surface area contributed by atoms with Gasteiger partial charge in [0.15, 0.2) is 6.04 Å². The van der Waals surface area contributed by atoms with E-state index in [1.807, 2.05) is 0 Å². The molecule has 0 aliphatic carbocycles. The van der Waals surface area contributed by atoms with E-state index in [-0.39, 0.29) is 0 Å². The molecule has 0 saturated carbocycles. The molecule has 0 radical (unpaired) electrons. The van der Waals surface area contributed by atoms with Crippen LogP contribution >= 0.6 is 0 Å². The Kier molecular flexibility index (Phi) is 4.68. The second-order valence-electron chi connectivity index (χ2n) is 4.23. The third-order valence-corrected chi connectivity index (χ3v) is 2.87. The molecule has 1 amide bonds. The molecule has 7 heteroatoms. The van der Waals surface area contributed by atoms with Gasteiger partial charge in [-0.05, 0) is 30.3 Å². The number of ether oxygens (including phenoxy) is 1. The molecule has 0 spiro atoms. The first-order chi connectivity index (χ1) is 10.2. The van der Waals surface area contributed by atoms with Crippen LogP contribution in [0, 0.1) is 0 Å². The van der Waals surface area contributed by atoms with Gasteiger partial charge in [0.1, 0.15) is 0 Å². The molecule has 21 heavy (non-hydrogen) atoms. The predicted octanol–water partition coefficient (Wildman–Crippen LogP) is 0.136. The molecule has 1 atom stereocenters. The lowest BCUT2D eigenvalue weighted by Gasteiger charge is -2.13. The van der Waals surface area contributed by atoms with Gasteiger partial charge >= 0.3 is 5.97 Å². The number of carbonyl (C=O) groups is 2. The molecule has 1 unspecified atom stereocenters. The van der Waals surface area contributed by atoms with Crippen molar-refractivity contribution < 1.29 is 19.4 Å². The molecule has 110 valence electrons. The molecule has 2 aromatic rings. The number of nitrogens with one attached hydrogen (secondary N) is 1. The fraction of sp³-hybridized carbons (Fsp3) is 0.214. The Morgan fingerprint density at radius 1 is 1.38 bits per heavy atom. The second-order valence-corrected chi connectivity index (χ2v) is 4.23. The number of carbonyl (C=O) groups excluding carboxylic acids is 2. The molecule has 0 bridgehead atoms. The molecule has 2 N–H and O–H groups in total. The Labute approximate surface area is 121 Å². The fourth-order valence-corrected chi connectivity index (χ4v) is 1.75. The third-order valence-electron chi connectivity index (χ3n) is 2.87. The van der Waals surface area contributed by atoms with Gasteiger partial charge in [0.25, 0.3) is 5.91 Å². The van der Waals surface area contributed by atoms with Gasteiger partial charge in [-0.1, -0.05) is 0 Å². The van der Waals surface area contributed by atoms with Crippen LogP contribution in [0.5, 0.6) is 0 Å². The summed E-state index contributed by atoms with van der Waals surface area (Å²) in [6.45, 7) is -0.524. The number of hydrogen-bond acceptors (Lipinski definition) is 5. The Hall–Kier alpha value is -2.67. The predicted molar refractivity (Wildman–Crippen MR) is 73.9 cm³/mol. The largest absolute Gasteiger partial charge is 0.467 e. The van der Waals surface area contributed by atoms with Crippen LogP contribution in [0.2, 0.25) is 0 Å². The molecule has 7 nitrogen and oxygen atoms in total. The van der Waals surface area contributed by atoms with Crippen LogP contribution in [-0.4, -0.2) is 46.5 Å². The lowest BCUT2D eigenvalue weighted by molar-refractivity contribution is -0.143. The molecule has 1 heterocycles. The standard InChI is InChI=1S/C14H15N3O4/c1-21-14(20)12(9-18)16-13(19)10-3-5-11(6-4-10)17-8-2-7-15-17/h2-8,12,18H,9H2,1H3,(H,16,19). The second kappa shape index (κ2) is 6.67. The molecular formula is C14H15N3O4. The van der Waals surface area contributed by atoms with Crippen LogP contribution in [0.15, 0.2) is 42.7 Å². The van der Waals surface area contributed by atoms with Crippen molar-refractivity contribution >= 4 is 11.9 Å². The molecule has 0 aliphatic heterocycles. The van der Waals surface area contributed by atoms with Crippen molar-refractivity contribution in [2.24, 2.45) is 0 Å². The van der Waals surface area contributed by atoms with Crippen LogP contribution in [-0.2, 0) is 9.53 Å². The van der Waals surface area contributed by atoms with Crippen molar-refractivity contribution in [3.8, 4) is 5.69 Å². The van der Waals surface area contributed by atoms with E-state index in [0.29, 0.717) is 5.56 Å². The first-order valence-electron chi connectivity index (χ1n) is 6.25. The molecule has 1 aromatic heterocycles. The molecule has 0 saturated heterocycles. The van der Waals surface area contributed by atoms with Crippen LogP contribution in [0.3, 0.4) is 0 Å². The maximum absolute atomic E-state index is 12.0. The third kappa shape index (κ3) is 3.46. The number of aliphatic hydroxyl groups is 1. The van der Waals surface area contributed by atoms with Gasteiger partial charge in [0.2, 0.25) is 0 Å². The van der Waals surface area contributed by atoms with Crippen molar-refractivity contribution in [2.75, 3.05) is 13.7 Å². The Morgan fingerprint density at radius 3 is 2.62 bits per heavy atom. The Balaban J connectivity index is 2.08. The SMILES string of the molecule is COC(=O)C(CO)NC(=O)c1ccc(-n2cccn2)cc1. The van der Waals surface area contributed by atoms with Gasteiger partial charge in [-0.15, -0.1) is 0 Å². The average molecular weight is 289 g/mol. The van der Waals surface area contributed by atoms with Gasteiger partial charge in [0.05, 0.1) is 19.4 Å². The van der Waals surface area contributed by atoms with E-state index in [1.54, 1.807) is 47.4 Å². The van der Waals surface area contributed by atoms with Crippen LogP contribution in [0.25, 0.3) is 5.69 Å². The summed E-state index contributed by atoms with van der Waals surface area (Å²) >= 11 is 0. The minimum absolute atomic E-state index is 0.369. The van der Waals surface area contributed by atoms with Crippen LogP contribution in [0.4, 0.5) is 0 Å². The van der Waals surface area contributed by atoms with E-state index >= 15 is 0 Å². The number of methoxy groups -OCH3 is 1. The minimum atomic E-state index is -1.08. The zero-order valence-corrected chi connectivity index (χ0v) is 11.4. The highest BCUT2D eigenvalue weighted by atomic mass is 16.5. The monoisotopic (exact) mass is 289 g/mol. The van der Waals surface area contributed by atoms with Crippen LogP contribution in [0.1, 0.15) is 10.4 Å². The van der Waals surface area contributed by atoms with Crippen molar-refractivity contribution in [1.82, 2.24) is 15.1 Å². The lowest BCUT2D eigenvalue weighted by Crippen LogP contribution is -2.44. The van der Waals surface area contributed by atoms with E-state index in [0.717, 1.165) is 5.69 Å². The van der Waals surface area contributed by atoms with E-state index in [1.165, 1.54) is 7.11 Å². The van der Waals surface area contributed by atoms with Crippen molar-refractivity contribution in [3.05, 3.63) is 48.3 Å². The highest BCUT2D eigenvalue weighted by molar-refractivity contribution is 5.96. The summed E-state index contributed by atoms with van der Waals surface area (Å²) < 4.78 is 6.14. The van der Waals surface area contributed by atoms with E-state index < -0.39 is 24.5 Å². The molecular weight excluding hydrogens is 274 g/mol. The smallest absolute Gasteiger partial charge is 0.330 e. The molecule has 1 aromatic carbocycles. The maximum atomic E-state index is 12.0. The maximum Gasteiger partial charge on any atom is 0.330 e. The first-order valence-corrected chi connectivity index (χ1v) is 6.25. The summed E-state index contributed by atoms with van der Waals surface area (Å²) in [5.74, 6) is -1.16. The zero-order valence-electron chi connectivity index (χ0n) is 11.4. The van der Waals surface area contributed by atoms with Crippen molar-refractivity contribution in [3.63, 3.8) is 0 Å². The molecule has 2 rings (SSSR count). The number of benzene rings is 1. The van der Waals surface area contributed by atoms with Gasteiger partial charge in [0, 0.05) is 18.0 Å². The van der Waals surface area contributed by atoms with E-state index in [9.17, 15) is 9.59 Å². The van der Waals surface area contributed by atoms with Crippen molar-refractivity contribution in [2.45, 2.75) is 6.04 Å². The average Bonchev–Trinajstić information content (AvgIpc) is 3.06. The number of rotatable bonds is 5. The van der Waals surface area contributed by atoms with Crippen LogP contribution < -0.4 is 5.32 Å². The quantitative estimate of drug-likeness (QED) is 0.763. The highest BCUT2D eigenvalue weighted by Gasteiger charge is 2.21. The number of amides is 1. The van der Waals surface area contributed by atoms with Gasteiger partial charge in [-0.2, -0.15) is 5.10 Å². The normalized spacial score (nSPS) is 11.7. The summed E-state index contributed by atoms with van der Waals surface area (Å²) in [6.07, 6.45) is 3.44. The Bertz CT molecular complexity index is 608. The zero-order chi connectivity index (χ0) is 15.2. The summed E-state index contributed by atoms with van der Waals surface area (Å²) in [6, 6.07) is 7.40. The number of hydrogen-bond donors (Lipinski definition) is 2. The summed E-state index contributed by atoms with van der Waals surface area (Å²) in [5, 5.41) is 15.5. The summed E-state index contributed by atoms with van der Waals surface area (Å²) in [7, 11) is 1.19. The topological polar surface area (TPSA) is 93.5 Å². The Morgan fingerprint density at radius 2 is 2.10 bits per heavy atom. The molecule has 0 fully saturated rings. The number of aliphatic hydroxyl groups excluding tert-OH is 1. The van der Waals surface area contributed by atoms with Gasteiger partial charge in [-0.3, -0.25) is 4.79 Å². The summed E-state index contributed by atoms with van der Waals surface area (Å²) in [5.41, 5.74) is 1.18. The van der Waals surface area contributed by atoms with Gasteiger partial charge < -0.3 is 15.2 Å². The highest BCUT2D eigenvalue weighted by Crippen LogP contribution is 2.08. The number of esters is 1. The van der Waals surface area contributed by atoms with Crippen molar-refractivity contribution in [1.29, 1.82) is 0 Å². The first kappa shape index (κ1) is 14.7.